The van der Waals surface area contributed by atoms with Crippen LogP contribution in [0.25, 0.3) is 0 Å². The number of esters is 1. The molecule has 4 N–H and O–H groups in total. The van der Waals surface area contributed by atoms with Gasteiger partial charge in [0.15, 0.2) is 6.29 Å². The molecule has 350 valence electrons. The van der Waals surface area contributed by atoms with Gasteiger partial charge < -0.3 is 34.3 Å². The lowest BCUT2D eigenvalue weighted by Gasteiger charge is -2.41. The molecule has 0 aliphatic carbocycles. The van der Waals surface area contributed by atoms with Crippen molar-refractivity contribution in [2.75, 3.05) is 26.4 Å². The third-order valence-corrected chi connectivity index (χ3v) is 10.2. The summed E-state index contributed by atoms with van der Waals surface area (Å²) in [5, 5.41) is 30.6. The first-order chi connectivity index (χ1) is 29.6. The molecule has 0 aromatic rings. The quantitative estimate of drug-likeness (QED) is 0.0200. The number of carbonyl (C=O) groups excluding carboxylic acids is 1. The van der Waals surface area contributed by atoms with E-state index in [4.69, 9.17) is 23.5 Å². The highest BCUT2D eigenvalue weighted by molar-refractivity contribution is 7.80. The van der Waals surface area contributed by atoms with Crippen LogP contribution in [0, 0.1) is 0 Å². The van der Waals surface area contributed by atoms with Crippen LogP contribution in [0.15, 0.2) is 85.1 Å². The standard InChI is InChI=1S/C48H80O12S/c1-3-5-7-9-11-13-15-16-17-18-19-20-21-22-23-24-25-26-27-29-31-33-35-37-44(50)58-42(40-56-38-36-34-32-30-28-14-12-10-8-6-4-2)41-57-48-46(52)47(60-61(53,54)55)45(51)43(39-49)59-48/h5,7,11,13,16-17,19-20,22-23,25-26,29,31,42-43,45-49,51-52H,3-4,6,8-10,12,14-15,18,21,24,27-28,30,32-41H2,1-2H3,(H,53,54,55)/b7-5-,13-11-,17-16-,20-19-,23-22-,26-25-,31-29-. The van der Waals surface area contributed by atoms with Crippen LogP contribution in [0.1, 0.15) is 149 Å². The summed E-state index contributed by atoms with van der Waals surface area (Å²) in [7, 11) is -5.07. The van der Waals surface area contributed by atoms with Gasteiger partial charge in [-0.2, -0.15) is 8.42 Å². The lowest BCUT2D eigenvalue weighted by atomic mass is 9.99. The largest absolute Gasteiger partial charge is 0.457 e. The molecule has 0 spiro atoms. The number of allylic oxidation sites excluding steroid dienone is 14. The minimum Gasteiger partial charge on any atom is -0.457 e. The number of ether oxygens (including phenoxy) is 4. The molecule has 1 aliphatic heterocycles. The molecule has 1 heterocycles. The summed E-state index contributed by atoms with van der Waals surface area (Å²) in [6, 6.07) is 0. The predicted octanol–water partition coefficient (Wildman–Crippen LogP) is 9.68. The van der Waals surface area contributed by atoms with E-state index in [1.54, 1.807) is 0 Å². The van der Waals surface area contributed by atoms with Crippen molar-refractivity contribution in [3.63, 3.8) is 0 Å². The van der Waals surface area contributed by atoms with Gasteiger partial charge in [0.25, 0.3) is 0 Å². The van der Waals surface area contributed by atoms with Crippen molar-refractivity contribution in [2.45, 2.75) is 185 Å². The summed E-state index contributed by atoms with van der Waals surface area (Å²) in [5.74, 6) is -0.460. The maximum atomic E-state index is 12.8. The van der Waals surface area contributed by atoms with E-state index in [-0.39, 0.29) is 19.6 Å². The van der Waals surface area contributed by atoms with Gasteiger partial charge in [-0.15, -0.1) is 0 Å². The lowest BCUT2D eigenvalue weighted by molar-refractivity contribution is -0.301. The van der Waals surface area contributed by atoms with Crippen LogP contribution >= 0.6 is 0 Å². The Hall–Kier alpha value is -2.72. The molecule has 0 aromatic carbocycles. The van der Waals surface area contributed by atoms with Crippen LogP contribution in [0.3, 0.4) is 0 Å². The molecular weight excluding hydrogens is 801 g/mol. The second-order valence-electron chi connectivity index (χ2n) is 15.3. The highest BCUT2D eigenvalue weighted by atomic mass is 32.3. The molecule has 6 atom stereocenters. The monoisotopic (exact) mass is 881 g/mol. The Bertz CT molecular complexity index is 1390. The molecule has 13 heteroatoms. The molecule has 0 saturated carbocycles. The third-order valence-electron chi connectivity index (χ3n) is 9.78. The molecule has 1 saturated heterocycles. The summed E-state index contributed by atoms with van der Waals surface area (Å²) < 4.78 is 58.9. The minimum atomic E-state index is -5.07. The van der Waals surface area contributed by atoms with E-state index in [0.29, 0.717) is 19.4 Å². The molecule has 1 fully saturated rings. The van der Waals surface area contributed by atoms with Crippen molar-refractivity contribution in [1.82, 2.24) is 0 Å². The fraction of sp³-hybridized carbons (Fsp3) is 0.688. The molecule has 0 amide bonds. The van der Waals surface area contributed by atoms with Crippen LogP contribution < -0.4 is 0 Å². The Morgan fingerprint density at radius 2 is 1.11 bits per heavy atom. The van der Waals surface area contributed by atoms with Gasteiger partial charge in [0.2, 0.25) is 0 Å². The van der Waals surface area contributed by atoms with Gasteiger partial charge in [0, 0.05) is 13.0 Å². The van der Waals surface area contributed by atoms with Crippen molar-refractivity contribution in [3.8, 4) is 0 Å². The van der Waals surface area contributed by atoms with E-state index in [2.05, 4.69) is 97.0 Å². The Balaban J connectivity index is 2.46. The highest BCUT2D eigenvalue weighted by Gasteiger charge is 2.48. The summed E-state index contributed by atoms with van der Waals surface area (Å²) in [5.41, 5.74) is 0. The molecule has 12 nitrogen and oxygen atoms in total. The van der Waals surface area contributed by atoms with Gasteiger partial charge in [0.1, 0.15) is 30.5 Å². The van der Waals surface area contributed by atoms with Crippen LogP contribution in [0.4, 0.5) is 0 Å². The van der Waals surface area contributed by atoms with Crippen molar-refractivity contribution < 1.29 is 56.2 Å². The highest BCUT2D eigenvalue weighted by Crippen LogP contribution is 2.26. The minimum absolute atomic E-state index is 0.00910. The van der Waals surface area contributed by atoms with E-state index < -0.39 is 59.8 Å². The van der Waals surface area contributed by atoms with E-state index in [0.717, 1.165) is 64.2 Å². The van der Waals surface area contributed by atoms with Crippen molar-refractivity contribution in [3.05, 3.63) is 85.1 Å². The SMILES string of the molecule is CC/C=C\C/C=C\C/C=C\C/C=C\C/C=C\C/C=C\C/C=C\CCCC(=O)OC(COCCCCCCCCCCCCC)COC1OC(CO)C(O)C(OS(=O)(=O)O)C1O. The summed E-state index contributed by atoms with van der Waals surface area (Å²) >= 11 is 0. The van der Waals surface area contributed by atoms with Gasteiger partial charge in [-0.3, -0.25) is 9.35 Å². The summed E-state index contributed by atoms with van der Waals surface area (Å²) in [6.07, 6.45) is 42.0. The first kappa shape index (κ1) is 56.3. The number of hydrogen-bond donors (Lipinski definition) is 4. The average molecular weight is 881 g/mol. The topological polar surface area (TPSA) is 178 Å². The number of rotatable bonds is 38. The number of aliphatic hydroxyl groups is 3. The molecule has 0 aromatic heterocycles. The van der Waals surface area contributed by atoms with Gasteiger partial charge in [-0.25, -0.2) is 4.18 Å². The van der Waals surface area contributed by atoms with Crippen LogP contribution in [-0.4, -0.2) is 97.5 Å². The Morgan fingerprint density at radius 1 is 0.639 bits per heavy atom. The number of aliphatic hydroxyl groups excluding tert-OH is 3. The third kappa shape index (κ3) is 32.6. The number of unbranched alkanes of at least 4 members (excludes halogenated alkanes) is 11. The predicted molar refractivity (Wildman–Crippen MR) is 243 cm³/mol. The second-order valence-corrected chi connectivity index (χ2v) is 16.3. The van der Waals surface area contributed by atoms with Crippen molar-refractivity contribution in [1.29, 1.82) is 0 Å². The van der Waals surface area contributed by atoms with Crippen LogP contribution in [-0.2, 0) is 38.3 Å². The number of carbonyl (C=O) groups is 1. The van der Waals surface area contributed by atoms with Crippen molar-refractivity contribution >= 4 is 16.4 Å². The normalized spacial score (nSPS) is 20.9. The summed E-state index contributed by atoms with van der Waals surface area (Å²) in [6.45, 7) is 3.78. The lowest BCUT2D eigenvalue weighted by Crippen LogP contribution is -2.60. The molecule has 1 aliphatic rings. The van der Waals surface area contributed by atoms with Gasteiger partial charge in [-0.1, -0.05) is 163 Å². The number of hydrogen-bond acceptors (Lipinski definition) is 11. The fourth-order valence-electron chi connectivity index (χ4n) is 6.37. The van der Waals surface area contributed by atoms with E-state index >= 15 is 0 Å². The Labute approximate surface area is 368 Å². The second kappa shape index (κ2) is 38.9. The van der Waals surface area contributed by atoms with E-state index in [1.165, 1.54) is 51.4 Å². The molecule has 6 unspecified atom stereocenters. The van der Waals surface area contributed by atoms with Crippen molar-refractivity contribution in [2.24, 2.45) is 0 Å². The smallest absolute Gasteiger partial charge is 0.397 e. The zero-order valence-electron chi connectivity index (χ0n) is 37.2. The van der Waals surface area contributed by atoms with E-state index in [9.17, 15) is 28.5 Å². The van der Waals surface area contributed by atoms with Crippen LogP contribution in [0.5, 0.6) is 0 Å². The zero-order valence-corrected chi connectivity index (χ0v) is 38.0. The first-order valence-electron chi connectivity index (χ1n) is 22.8. The van der Waals surface area contributed by atoms with Gasteiger partial charge in [0.05, 0.1) is 19.8 Å². The Morgan fingerprint density at radius 3 is 1.59 bits per heavy atom. The maximum absolute atomic E-state index is 12.8. The molecular formula is C48H80O12S. The van der Waals surface area contributed by atoms with Crippen LogP contribution in [0.2, 0.25) is 0 Å². The average Bonchev–Trinajstić information content (AvgIpc) is 3.23. The Kier molecular flexibility index (Phi) is 35.9. The summed E-state index contributed by atoms with van der Waals surface area (Å²) in [4.78, 5) is 12.8. The fourth-order valence-corrected chi connectivity index (χ4v) is 6.87. The molecule has 1 rings (SSSR count). The van der Waals surface area contributed by atoms with Gasteiger partial charge >= 0.3 is 16.4 Å². The zero-order chi connectivity index (χ0) is 44.7. The molecule has 61 heavy (non-hydrogen) atoms. The van der Waals surface area contributed by atoms with Gasteiger partial charge in [-0.05, 0) is 64.2 Å². The first-order valence-corrected chi connectivity index (χ1v) is 24.2. The maximum Gasteiger partial charge on any atom is 0.397 e. The molecule has 0 bridgehead atoms. The molecule has 0 radical (unpaired) electrons. The van der Waals surface area contributed by atoms with E-state index in [1.807, 2.05) is 6.08 Å².